The van der Waals surface area contributed by atoms with Gasteiger partial charge in [0.2, 0.25) is 17.7 Å². The molecule has 136 valence electrons. The van der Waals surface area contributed by atoms with E-state index in [4.69, 9.17) is 5.11 Å². The van der Waals surface area contributed by atoms with Gasteiger partial charge in [0.05, 0.1) is 6.04 Å². The Morgan fingerprint density at radius 2 is 1.79 bits per heavy atom. The van der Waals surface area contributed by atoms with E-state index in [1.807, 2.05) is 0 Å². The molecule has 1 aliphatic heterocycles. The average Bonchev–Trinajstić information content (AvgIpc) is 3.03. The standard InChI is InChI=1S/C15H26N4O5/c1-8(2)12(19-14(23)10-5-4-6-16-10)15(24)18-9(3)13(22)17-7-11(20)21/h8-10,12,16H,4-7H2,1-3H3,(H,17,22)(H,18,24)(H,19,23)(H,20,21). The number of carboxylic acids is 1. The van der Waals surface area contributed by atoms with Gasteiger partial charge in [0.1, 0.15) is 18.6 Å². The first-order valence-corrected chi connectivity index (χ1v) is 8.06. The molecule has 5 N–H and O–H groups in total. The number of nitrogens with one attached hydrogen (secondary N) is 4. The maximum Gasteiger partial charge on any atom is 0.322 e. The van der Waals surface area contributed by atoms with Crippen LogP contribution in [0.5, 0.6) is 0 Å². The van der Waals surface area contributed by atoms with Gasteiger partial charge in [-0.3, -0.25) is 19.2 Å². The van der Waals surface area contributed by atoms with Gasteiger partial charge in [0, 0.05) is 0 Å². The van der Waals surface area contributed by atoms with E-state index in [-0.39, 0.29) is 17.9 Å². The number of amides is 3. The molecule has 0 aromatic heterocycles. The summed E-state index contributed by atoms with van der Waals surface area (Å²) in [5.41, 5.74) is 0. The normalized spacial score (nSPS) is 19.4. The number of hydrogen-bond donors (Lipinski definition) is 5. The van der Waals surface area contributed by atoms with Crippen LogP contribution in [0.2, 0.25) is 0 Å². The lowest BCUT2D eigenvalue weighted by Crippen LogP contribution is -2.56. The van der Waals surface area contributed by atoms with Crippen LogP contribution in [-0.2, 0) is 19.2 Å². The van der Waals surface area contributed by atoms with Gasteiger partial charge in [-0.25, -0.2) is 0 Å². The summed E-state index contributed by atoms with van der Waals surface area (Å²) in [5, 5.41) is 19.0. The van der Waals surface area contributed by atoms with Crippen LogP contribution in [-0.4, -0.2) is 60.0 Å². The van der Waals surface area contributed by atoms with E-state index in [1.165, 1.54) is 6.92 Å². The highest BCUT2D eigenvalue weighted by atomic mass is 16.4. The third-order valence-corrected chi connectivity index (χ3v) is 3.79. The van der Waals surface area contributed by atoms with Crippen molar-refractivity contribution in [3.05, 3.63) is 0 Å². The Morgan fingerprint density at radius 1 is 1.12 bits per heavy atom. The minimum absolute atomic E-state index is 0.162. The van der Waals surface area contributed by atoms with Crippen LogP contribution < -0.4 is 21.3 Å². The highest BCUT2D eigenvalue weighted by Crippen LogP contribution is 2.08. The van der Waals surface area contributed by atoms with Crippen LogP contribution in [0, 0.1) is 5.92 Å². The van der Waals surface area contributed by atoms with Crippen molar-refractivity contribution < 1.29 is 24.3 Å². The second-order valence-electron chi connectivity index (χ2n) is 6.22. The van der Waals surface area contributed by atoms with Crippen molar-refractivity contribution >= 4 is 23.7 Å². The summed E-state index contributed by atoms with van der Waals surface area (Å²) in [6.07, 6.45) is 1.64. The first-order chi connectivity index (χ1) is 11.2. The molecule has 0 aliphatic carbocycles. The van der Waals surface area contributed by atoms with Crippen LogP contribution >= 0.6 is 0 Å². The Balaban J connectivity index is 2.57. The zero-order valence-electron chi connectivity index (χ0n) is 14.2. The van der Waals surface area contributed by atoms with Gasteiger partial charge in [0.15, 0.2) is 0 Å². The molecule has 0 spiro atoms. The van der Waals surface area contributed by atoms with E-state index in [1.54, 1.807) is 13.8 Å². The van der Waals surface area contributed by atoms with Crippen molar-refractivity contribution in [3.63, 3.8) is 0 Å². The topological polar surface area (TPSA) is 137 Å². The first-order valence-electron chi connectivity index (χ1n) is 8.06. The Bertz CT molecular complexity index is 488. The molecule has 1 saturated heterocycles. The number of carboxylic acid groups (broad SMARTS) is 1. The van der Waals surface area contributed by atoms with Crippen molar-refractivity contribution in [2.24, 2.45) is 5.92 Å². The molecule has 0 saturated carbocycles. The van der Waals surface area contributed by atoms with Crippen molar-refractivity contribution in [1.82, 2.24) is 21.3 Å². The van der Waals surface area contributed by atoms with Crippen molar-refractivity contribution in [3.8, 4) is 0 Å². The predicted octanol–water partition coefficient (Wildman–Crippen LogP) is -1.42. The van der Waals surface area contributed by atoms with Crippen LogP contribution in [0.15, 0.2) is 0 Å². The highest BCUT2D eigenvalue weighted by Gasteiger charge is 2.30. The van der Waals surface area contributed by atoms with E-state index < -0.39 is 36.4 Å². The van der Waals surface area contributed by atoms with Gasteiger partial charge >= 0.3 is 5.97 Å². The summed E-state index contributed by atoms with van der Waals surface area (Å²) in [6, 6.07) is -1.97. The molecule has 1 heterocycles. The van der Waals surface area contributed by atoms with Crippen molar-refractivity contribution in [2.45, 2.75) is 51.7 Å². The number of carbonyl (C=O) groups is 4. The van der Waals surface area contributed by atoms with Gasteiger partial charge in [-0.2, -0.15) is 0 Å². The Hall–Kier alpha value is -2.16. The molecule has 0 bridgehead atoms. The Kier molecular flexibility index (Phi) is 7.63. The minimum atomic E-state index is -1.17. The fourth-order valence-corrected chi connectivity index (χ4v) is 2.38. The monoisotopic (exact) mass is 342 g/mol. The smallest absolute Gasteiger partial charge is 0.322 e. The van der Waals surface area contributed by atoms with E-state index in [9.17, 15) is 19.2 Å². The van der Waals surface area contributed by atoms with E-state index in [2.05, 4.69) is 21.3 Å². The molecule has 1 fully saturated rings. The Morgan fingerprint density at radius 3 is 2.29 bits per heavy atom. The summed E-state index contributed by atoms with van der Waals surface area (Å²) in [4.78, 5) is 46.7. The van der Waals surface area contributed by atoms with Crippen molar-refractivity contribution in [1.29, 1.82) is 0 Å². The molecule has 0 aromatic carbocycles. The zero-order valence-corrected chi connectivity index (χ0v) is 14.2. The van der Waals surface area contributed by atoms with Crippen LogP contribution in [0.4, 0.5) is 0 Å². The molecule has 9 heteroatoms. The van der Waals surface area contributed by atoms with E-state index in [0.717, 1.165) is 19.4 Å². The molecule has 24 heavy (non-hydrogen) atoms. The van der Waals surface area contributed by atoms with Crippen molar-refractivity contribution in [2.75, 3.05) is 13.1 Å². The number of aliphatic carboxylic acids is 1. The van der Waals surface area contributed by atoms with E-state index >= 15 is 0 Å². The molecule has 3 atom stereocenters. The lowest BCUT2D eigenvalue weighted by molar-refractivity contribution is -0.138. The second-order valence-corrected chi connectivity index (χ2v) is 6.22. The maximum atomic E-state index is 12.3. The fourth-order valence-electron chi connectivity index (χ4n) is 2.38. The molecule has 3 amide bonds. The van der Waals surface area contributed by atoms with E-state index in [0.29, 0.717) is 0 Å². The molecule has 0 radical (unpaired) electrons. The molecular weight excluding hydrogens is 316 g/mol. The Labute approximate surface area is 140 Å². The lowest BCUT2D eigenvalue weighted by Gasteiger charge is -2.25. The number of carbonyl (C=O) groups excluding carboxylic acids is 3. The fraction of sp³-hybridized carbons (Fsp3) is 0.733. The third kappa shape index (κ3) is 6.15. The largest absolute Gasteiger partial charge is 0.480 e. The van der Waals surface area contributed by atoms with Gasteiger partial charge < -0.3 is 26.4 Å². The van der Waals surface area contributed by atoms with Crippen LogP contribution in [0.25, 0.3) is 0 Å². The maximum absolute atomic E-state index is 12.3. The summed E-state index contributed by atoms with van der Waals surface area (Å²) in [7, 11) is 0. The van der Waals surface area contributed by atoms with Gasteiger partial charge in [-0.05, 0) is 32.2 Å². The lowest BCUT2D eigenvalue weighted by atomic mass is 10.0. The number of hydrogen-bond acceptors (Lipinski definition) is 5. The third-order valence-electron chi connectivity index (χ3n) is 3.79. The van der Waals surface area contributed by atoms with Gasteiger partial charge in [-0.1, -0.05) is 13.8 Å². The molecular formula is C15H26N4O5. The molecule has 1 aliphatic rings. The average molecular weight is 342 g/mol. The SMILES string of the molecule is CC(NC(=O)C(NC(=O)C1CCCN1)C(C)C)C(=O)NCC(=O)O. The van der Waals surface area contributed by atoms with Crippen LogP contribution in [0.3, 0.4) is 0 Å². The molecule has 1 rings (SSSR count). The minimum Gasteiger partial charge on any atom is -0.480 e. The van der Waals surface area contributed by atoms with Crippen LogP contribution in [0.1, 0.15) is 33.6 Å². The predicted molar refractivity (Wildman–Crippen MR) is 86.0 cm³/mol. The summed E-state index contributed by atoms with van der Waals surface area (Å²) < 4.78 is 0. The summed E-state index contributed by atoms with van der Waals surface area (Å²) in [5.74, 6) is -2.64. The van der Waals surface area contributed by atoms with Gasteiger partial charge in [-0.15, -0.1) is 0 Å². The summed E-state index contributed by atoms with van der Waals surface area (Å²) >= 11 is 0. The first kappa shape index (κ1) is 19.9. The zero-order chi connectivity index (χ0) is 18.3. The quantitative estimate of drug-likeness (QED) is 0.367. The molecule has 0 aromatic rings. The summed E-state index contributed by atoms with van der Waals surface area (Å²) in [6.45, 7) is 5.30. The second kappa shape index (κ2) is 9.21. The van der Waals surface area contributed by atoms with Gasteiger partial charge in [0.25, 0.3) is 0 Å². The molecule has 3 unspecified atom stereocenters. The highest BCUT2D eigenvalue weighted by molar-refractivity contribution is 5.93. The number of rotatable bonds is 8. The molecule has 9 nitrogen and oxygen atoms in total.